The van der Waals surface area contributed by atoms with E-state index in [1.165, 1.54) is 31.4 Å². The Morgan fingerprint density at radius 1 is 0.920 bits per heavy atom. The number of carbonyl (C=O) groups is 3. The highest BCUT2D eigenvalue weighted by Gasteiger charge is 2.14. The van der Waals surface area contributed by atoms with E-state index in [1.54, 1.807) is 18.2 Å². The molecule has 2 rings (SSSR count). The summed E-state index contributed by atoms with van der Waals surface area (Å²) in [4.78, 5) is 35.2. The van der Waals surface area contributed by atoms with E-state index >= 15 is 0 Å². The highest BCUT2D eigenvalue weighted by Crippen LogP contribution is 2.29. The molecule has 0 aliphatic carbocycles. The van der Waals surface area contributed by atoms with Crippen molar-refractivity contribution in [3.63, 3.8) is 0 Å². The van der Waals surface area contributed by atoms with Gasteiger partial charge in [0, 0.05) is 5.69 Å². The number of amides is 2. The van der Waals surface area contributed by atoms with Crippen molar-refractivity contribution >= 4 is 52.4 Å². The number of carbonyl (C=O) groups excluding carboxylic acids is 3. The molecule has 0 unspecified atom stereocenters. The van der Waals surface area contributed by atoms with Crippen LogP contribution in [0.15, 0.2) is 42.5 Å². The number of ether oxygens (including phenoxy) is 1. The minimum atomic E-state index is -0.557. The van der Waals surface area contributed by atoms with E-state index in [0.717, 1.165) is 0 Å². The Kier molecular flexibility index (Phi) is 6.38. The van der Waals surface area contributed by atoms with E-state index < -0.39 is 24.2 Å². The Hall–Kier alpha value is -2.57. The van der Waals surface area contributed by atoms with Gasteiger partial charge in [0.05, 0.1) is 28.4 Å². The predicted octanol–water partition coefficient (Wildman–Crippen LogP) is 3.75. The first-order valence-corrected chi connectivity index (χ1v) is 7.88. The Balaban J connectivity index is 1.93. The summed E-state index contributed by atoms with van der Waals surface area (Å²) in [6.07, 6.45) is -0.416. The van der Waals surface area contributed by atoms with Crippen LogP contribution in [0, 0.1) is 0 Å². The van der Waals surface area contributed by atoms with Crippen molar-refractivity contribution in [3.05, 3.63) is 58.1 Å². The third-order valence-electron chi connectivity index (χ3n) is 3.14. The minimum Gasteiger partial charge on any atom is -0.465 e. The van der Waals surface area contributed by atoms with Gasteiger partial charge in [0.2, 0.25) is 11.8 Å². The van der Waals surface area contributed by atoms with Crippen molar-refractivity contribution in [3.8, 4) is 0 Å². The lowest BCUT2D eigenvalue weighted by Crippen LogP contribution is -2.21. The van der Waals surface area contributed by atoms with Crippen LogP contribution >= 0.6 is 23.2 Å². The van der Waals surface area contributed by atoms with Crippen molar-refractivity contribution in [2.75, 3.05) is 17.7 Å². The summed E-state index contributed by atoms with van der Waals surface area (Å²) >= 11 is 11.9. The van der Waals surface area contributed by atoms with Crippen molar-refractivity contribution < 1.29 is 19.1 Å². The first kappa shape index (κ1) is 18.8. The summed E-state index contributed by atoms with van der Waals surface area (Å²) in [5.41, 5.74) is 1.05. The van der Waals surface area contributed by atoms with Gasteiger partial charge in [-0.3, -0.25) is 9.59 Å². The first-order chi connectivity index (χ1) is 11.9. The van der Waals surface area contributed by atoms with Gasteiger partial charge < -0.3 is 15.4 Å². The monoisotopic (exact) mass is 380 g/mol. The maximum absolute atomic E-state index is 11.9. The summed E-state index contributed by atoms with van der Waals surface area (Å²) < 4.78 is 4.58. The molecule has 0 heterocycles. The molecule has 2 aromatic carbocycles. The van der Waals surface area contributed by atoms with Crippen LogP contribution in [0.25, 0.3) is 0 Å². The van der Waals surface area contributed by atoms with Gasteiger partial charge in [-0.05, 0) is 36.4 Å². The van der Waals surface area contributed by atoms with Gasteiger partial charge in [-0.15, -0.1) is 0 Å². The fourth-order valence-electron chi connectivity index (χ4n) is 1.96. The van der Waals surface area contributed by atoms with Crippen molar-refractivity contribution in [1.29, 1.82) is 0 Å². The van der Waals surface area contributed by atoms with Crippen LogP contribution in [0.5, 0.6) is 0 Å². The molecule has 0 bridgehead atoms. The molecular weight excluding hydrogens is 367 g/mol. The summed E-state index contributed by atoms with van der Waals surface area (Å²) in [5, 5.41) is 5.61. The average molecular weight is 381 g/mol. The number of benzene rings is 2. The second kappa shape index (κ2) is 8.50. The predicted molar refractivity (Wildman–Crippen MR) is 96.1 cm³/mol. The van der Waals surface area contributed by atoms with E-state index in [0.29, 0.717) is 11.3 Å². The molecule has 0 atom stereocenters. The number of hydrogen-bond acceptors (Lipinski definition) is 4. The number of esters is 1. The molecule has 130 valence electrons. The van der Waals surface area contributed by atoms with Crippen LogP contribution in [0.3, 0.4) is 0 Å². The molecule has 2 N–H and O–H groups in total. The maximum Gasteiger partial charge on any atom is 0.337 e. The molecule has 25 heavy (non-hydrogen) atoms. The van der Waals surface area contributed by atoms with Crippen LogP contribution in [0.4, 0.5) is 11.4 Å². The van der Waals surface area contributed by atoms with Gasteiger partial charge in [0.25, 0.3) is 0 Å². The van der Waals surface area contributed by atoms with E-state index in [9.17, 15) is 14.4 Å². The van der Waals surface area contributed by atoms with Gasteiger partial charge in [0.1, 0.15) is 6.42 Å². The second-order valence-corrected chi connectivity index (χ2v) is 5.75. The molecule has 0 fully saturated rings. The van der Waals surface area contributed by atoms with Crippen LogP contribution in [-0.2, 0) is 14.3 Å². The fraction of sp³-hybridized carbons (Fsp3) is 0.118. The number of halogens is 2. The maximum atomic E-state index is 11.9. The molecule has 0 saturated heterocycles. The number of para-hydroxylation sites is 1. The Morgan fingerprint density at radius 2 is 1.48 bits per heavy atom. The molecule has 0 spiro atoms. The number of nitrogens with one attached hydrogen (secondary N) is 2. The summed E-state index contributed by atoms with van der Waals surface area (Å²) in [6.45, 7) is 0. The van der Waals surface area contributed by atoms with Crippen molar-refractivity contribution in [1.82, 2.24) is 0 Å². The van der Waals surface area contributed by atoms with Crippen LogP contribution in [0.1, 0.15) is 16.8 Å². The number of rotatable bonds is 5. The van der Waals surface area contributed by atoms with Crippen LogP contribution in [0.2, 0.25) is 10.0 Å². The Labute approximate surface area is 154 Å². The Bertz CT molecular complexity index is 787. The van der Waals surface area contributed by atoms with Crippen LogP contribution < -0.4 is 10.6 Å². The quantitative estimate of drug-likeness (QED) is 0.610. The molecule has 0 radical (unpaired) electrons. The Morgan fingerprint density at radius 3 is 2.04 bits per heavy atom. The average Bonchev–Trinajstić information content (AvgIpc) is 2.58. The lowest BCUT2D eigenvalue weighted by molar-refractivity contribution is -0.123. The van der Waals surface area contributed by atoms with Gasteiger partial charge in [0.15, 0.2) is 0 Å². The third-order valence-corrected chi connectivity index (χ3v) is 3.77. The highest BCUT2D eigenvalue weighted by atomic mass is 35.5. The zero-order valence-electron chi connectivity index (χ0n) is 13.1. The summed E-state index contributed by atoms with van der Waals surface area (Å²) in [7, 11) is 1.28. The topological polar surface area (TPSA) is 84.5 Å². The van der Waals surface area contributed by atoms with E-state index in [-0.39, 0.29) is 15.7 Å². The molecule has 0 aromatic heterocycles. The molecular formula is C17H14Cl2N2O4. The van der Waals surface area contributed by atoms with E-state index in [1.807, 2.05) is 0 Å². The second-order valence-electron chi connectivity index (χ2n) is 4.94. The van der Waals surface area contributed by atoms with E-state index in [4.69, 9.17) is 23.2 Å². The third kappa shape index (κ3) is 5.20. The highest BCUT2D eigenvalue weighted by molar-refractivity contribution is 6.39. The smallest absolute Gasteiger partial charge is 0.337 e. The summed E-state index contributed by atoms with van der Waals surface area (Å²) in [5.74, 6) is -1.56. The SMILES string of the molecule is COC(=O)c1ccc(NC(=O)CC(=O)Nc2c(Cl)cccc2Cl)cc1. The number of methoxy groups -OCH3 is 1. The van der Waals surface area contributed by atoms with Gasteiger partial charge in [-0.1, -0.05) is 29.3 Å². The lowest BCUT2D eigenvalue weighted by Gasteiger charge is -2.09. The van der Waals surface area contributed by atoms with Gasteiger partial charge in [-0.25, -0.2) is 4.79 Å². The van der Waals surface area contributed by atoms with E-state index in [2.05, 4.69) is 15.4 Å². The molecule has 2 amide bonds. The number of hydrogen-bond donors (Lipinski definition) is 2. The number of anilines is 2. The zero-order chi connectivity index (χ0) is 18.4. The largest absolute Gasteiger partial charge is 0.465 e. The van der Waals surface area contributed by atoms with Crippen LogP contribution in [-0.4, -0.2) is 24.9 Å². The summed E-state index contributed by atoms with van der Waals surface area (Å²) in [6, 6.07) is 10.9. The van der Waals surface area contributed by atoms with Crippen molar-refractivity contribution in [2.45, 2.75) is 6.42 Å². The molecule has 2 aromatic rings. The first-order valence-electron chi connectivity index (χ1n) is 7.13. The molecule has 0 aliphatic rings. The zero-order valence-corrected chi connectivity index (χ0v) is 14.6. The minimum absolute atomic E-state index is 0.256. The van der Waals surface area contributed by atoms with Gasteiger partial charge >= 0.3 is 5.97 Å². The lowest BCUT2D eigenvalue weighted by atomic mass is 10.2. The molecule has 8 heteroatoms. The van der Waals surface area contributed by atoms with Gasteiger partial charge in [-0.2, -0.15) is 0 Å². The molecule has 0 saturated carbocycles. The molecule has 6 nitrogen and oxygen atoms in total. The molecule has 0 aliphatic heterocycles. The fourth-order valence-corrected chi connectivity index (χ4v) is 2.45. The van der Waals surface area contributed by atoms with Crippen molar-refractivity contribution in [2.24, 2.45) is 0 Å². The standard InChI is InChI=1S/C17H14Cl2N2O4/c1-25-17(24)10-5-7-11(8-6-10)20-14(22)9-15(23)21-16-12(18)3-2-4-13(16)19/h2-8H,9H2,1H3,(H,20,22)(H,21,23). The normalized spacial score (nSPS) is 10.0.